The first-order valence-corrected chi connectivity index (χ1v) is 10.1. The van der Waals surface area contributed by atoms with Crippen molar-refractivity contribution in [3.63, 3.8) is 0 Å². The molecule has 0 radical (unpaired) electrons. The average Bonchev–Trinajstić information content (AvgIpc) is 3.49. The van der Waals surface area contributed by atoms with Gasteiger partial charge in [0.2, 0.25) is 0 Å². The third kappa shape index (κ3) is 3.76. The fraction of sp³-hybridized carbons (Fsp3) is 0.0417. The molecule has 0 aliphatic carbocycles. The van der Waals surface area contributed by atoms with Crippen LogP contribution in [0.25, 0.3) is 33.5 Å². The fourth-order valence-corrected chi connectivity index (χ4v) is 3.96. The van der Waals surface area contributed by atoms with Crippen LogP contribution in [0.15, 0.2) is 79.6 Å². The highest BCUT2D eigenvalue weighted by atomic mass is 19.4. The Balaban J connectivity index is 1.77. The van der Waals surface area contributed by atoms with Crippen LogP contribution in [0.1, 0.15) is 11.1 Å². The SMILES string of the molecule is N#Cc1ccc(-n2cc(C(F)(F)F)c3c(-n4cnc(-c5cccnc5)c4)cccc32)c([N+](=O)[O-])c1. The summed E-state index contributed by atoms with van der Waals surface area (Å²) in [7, 11) is 0. The van der Waals surface area contributed by atoms with Gasteiger partial charge in [0.15, 0.2) is 0 Å². The van der Waals surface area contributed by atoms with Gasteiger partial charge in [-0.1, -0.05) is 6.07 Å². The second-order valence-corrected chi connectivity index (χ2v) is 7.56. The lowest BCUT2D eigenvalue weighted by Gasteiger charge is -2.10. The molecule has 0 spiro atoms. The summed E-state index contributed by atoms with van der Waals surface area (Å²) in [6, 6.07) is 13.5. The van der Waals surface area contributed by atoms with Crippen molar-refractivity contribution in [1.29, 1.82) is 5.26 Å². The smallest absolute Gasteiger partial charge is 0.310 e. The van der Waals surface area contributed by atoms with Crippen molar-refractivity contribution in [2.45, 2.75) is 6.18 Å². The van der Waals surface area contributed by atoms with Crippen LogP contribution >= 0.6 is 0 Å². The number of fused-ring (bicyclic) bond motifs is 1. The third-order valence-electron chi connectivity index (χ3n) is 5.49. The molecule has 0 fully saturated rings. The molecule has 8 nitrogen and oxygen atoms in total. The van der Waals surface area contributed by atoms with Gasteiger partial charge in [-0.15, -0.1) is 0 Å². The number of hydrogen-bond donors (Lipinski definition) is 0. The van der Waals surface area contributed by atoms with E-state index in [0.29, 0.717) is 11.3 Å². The Kier molecular flexibility index (Phi) is 5.06. The van der Waals surface area contributed by atoms with E-state index in [-0.39, 0.29) is 27.8 Å². The van der Waals surface area contributed by atoms with Gasteiger partial charge >= 0.3 is 6.18 Å². The zero-order valence-electron chi connectivity index (χ0n) is 17.6. The van der Waals surface area contributed by atoms with Gasteiger partial charge in [0, 0.05) is 41.8 Å². The normalized spacial score (nSPS) is 11.5. The molecule has 0 aliphatic rings. The van der Waals surface area contributed by atoms with E-state index in [1.54, 1.807) is 42.9 Å². The van der Waals surface area contributed by atoms with Gasteiger partial charge in [-0.2, -0.15) is 18.4 Å². The van der Waals surface area contributed by atoms with Crippen molar-refractivity contribution >= 4 is 16.6 Å². The van der Waals surface area contributed by atoms with Crippen LogP contribution in [0.5, 0.6) is 0 Å². The largest absolute Gasteiger partial charge is 0.418 e. The van der Waals surface area contributed by atoms with E-state index in [9.17, 15) is 23.3 Å². The molecule has 5 rings (SSSR count). The lowest BCUT2D eigenvalue weighted by molar-refractivity contribution is -0.384. The molecule has 0 saturated carbocycles. The van der Waals surface area contributed by atoms with Gasteiger partial charge in [-0.05, 0) is 36.4 Å². The van der Waals surface area contributed by atoms with E-state index in [2.05, 4.69) is 9.97 Å². The molecular weight excluding hydrogens is 461 g/mol. The predicted octanol–water partition coefficient (Wildman–Crippen LogP) is 5.68. The number of nitro benzene ring substituents is 1. The second kappa shape index (κ2) is 8.11. The Morgan fingerprint density at radius 2 is 1.89 bits per heavy atom. The Labute approximate surface area is 195 Å². The van der Waals surface area contributed by atoms with Gasteiger partial charge in [-0.3, -0.25) is 15.1 Å². The molecule has 2 aromatic carbocycles. The van der Waals surface area contributed by atoms with Crippen molar-refractivity contribution in [1.82, 2.24) is 19.1 Å². The van der Waals surface area contributed by atoms with Crippen molar-refractivity contribution in [3.8, 4) is 28.7 Å². The molecule has 35 heavy (non-hydrogen) atoms. The zero-order chi connectivity index (χ0) is 24.7. The molecule has 0 unspecified atom stereocenters. The standard InChI is InChI=1S/C24H13F3N6O2/c25-24(26,27)17-12-32(19-7-6-15(10-28)9-22(19)33(34)35)21-5-1-4-20(23(17)21)31-13-18(30-14-31)16-3-2-8-29-11-16/h1-9,11-14H. The molecular formula is C24H13F3N6O2. The van der Waals surface area contributed by atoms with Crippen LogP contribution in [0.2, 0.25) is 0 Å². The molecule has 3 aromatic heterocycles. The van der Waals surface area contributed by atoms with E-state index in [0.717, 1.165) is 16.8 Å². The van der Waals surface area contributed by atoms with Gasteiger partial charge in [0.05, 0.1) is 45.3 Å². The molecule has 5 aromatic rings. The summed E-state index contributed by atoms with van der Waals surface area (Å²) >= 11 is 0. The Morgan fingerprint density at radius 1 is 1.06 bits per heavy atom. The minimum Gasteiger partial charge on any atom is -0.310 e. The summed E-state index contributed by atoms with van der Waals surface area (Å²) in [6.07, 6.45) is 2.28. The van der Waals surface area contributed by atoms with Crippen molar-refractivity contribution in [3.05, 3.63) is 101 Å². The Bertz CT molecular complexity index is 1630. The number of alkyl halides is 3. The number of pyridine rings is 1. The highest BCUT2D eigenvalue weighted by Gasteiger charge is 2.36. The number of nitro groups is 1. The number of aromatic nitrogens is 4. The molecule has 0 aliphatic heterocycles. The summed E-state index contributed by atoms with van der Waals surface area (Å²) in [5.74, 6) is 0. The molecule has 11 heteroatoms. The van der Waals surface area contributed by atoms with E-state index >= 15 is 0 Å². The molecule has 0 atom stereocenters. The molecule has 3 heterocycles. The molecule has 0 bridgehead atoms. The first kappa shape index (κ1) is 21.8. The minimum absolute atomic E-state index is 0.0231. The minimum atomic E-state index is -4.74. The number of halogens is 3. The number of hydrogen-bond acceptors (Lipinski definition) is 5. The summed E-state index contributed by atoms with van der Waals surface area (Å²) in [6.45, 7) is 0. The monoisotopic (exact) mass is 474 g/mol. The van der Waals surface area contributed by atoms with Crippen LogP contribution in [-0.4, -0.2) is 24.0 Å². The number of benzene rings is 2. The maximum absolute atomic E-state index is 14.2. The number of rotatable bonds is 4. The van der Waals surface area contributed by atoms with Crippen LogP contribution in [-0.2, 0) is 6.18 Å². The van der Waals surface area contributed by atoms with Crippen LogP contribution < -0.4 is 0 Å². The zero-order valence-corrected chi connectivity index (χ0v) is 17.6. The van der Waals surface area contributed by atoms with E-state index in [4.69, 9.17) is 5.26 Å². The van der Waals surface area contributed by atoms with E-state index in [1.165, 1.54) is 35.2 Å². The van der Waals surface area contributed by atoms with E-state index < -0.39 is 22.4 Å². The molecule has 0 saturated heterocycles. The van der Waals surface area contributed by atoms with Crippen LogP contribution in [0, 0.1) is 21.4 Å². The topological polar surface area (TPSA) is 103 Å². The highest BCUT2D eigenvalue weighted by Crippen LogP contribution is 2.41. The van der Waals surface area contributed by atoms with Crippen molar-refractivity contribution in [2.75, 3.05) is 0 Å². The summed E-state index contributed by atoms with van der Waals surface area (Å²) in [5, 5.41) is 20.6. The number of nitrogens with zero attached hydrogens (tertiary/aromatic N) is 6. The third-order valence-corrected chi connectivity index (χ3v) is 5.49. The van der Waals surface area contributed by atoms with Gasteiger partial charge in [0.1, 0.15) is 5.69 Å². The lowest BCUT2D eigenvalue weighted by atomic mass is 10.1. The maximum atomic E-state index is 14.2. The molecule has 0 N–H and O–H groups in total. The Morgan fingerprint density at radius 3 is 2.57 bits per heavy atom. The van der Waals surface area contributed by atoms with E-state index in [1.807, 2.05) is 0 Å². The predicted molar refractivity (Wildman–Crippen MR) is 120 cm³/mol. The van der Waals surface area contributed by atoms with Gasteiger partial charge in [0.25, 0.3) is 5.69 Å². The van der Waals surface area contributed by atoms with Crippen molar-refractivity contribution < 1.29 is 18.1 Å². The first-order chi connectivity index (χ1) is 16.8. The lowest BCUT2D eigenvalue weighted by Crippen LogP contribution is -2.05. The average molecular weight is 474 g/mol. The first-order valence-electron chi connectivity index (χ1n) is 10.1. The number of imidazole rings is 1. The molecule has 0 amide bonds. The highest BCUT2D eigenvalue weighted by molar-refractivity contribution is 5.94. The van der Waals surface area contributed by atoms with Gasteiger partial charge < -0.3 is 9.13 Å². The summed E-state index contributed by atoms with van der Waals surface area (Å²) < 4.78 is 45.1. The quantitative estimate of drug-likeness (QED) is 0.246. The second-order valence-electron chi connectivity index (χ2n) is 7.56. The molecule has 172 valence electrons. The van der Waals surface area contributed by atoms with Crippen molar-refractivity contribution in [2.24, 2.45) is 0 Å². The fourth-order valence-electron chi connectivity index (χ4n) is 3.96. The van der Waals surface area contributed by atoms with Crippen LogP contribution in [0.3, 0.4) is 0 Å². The number of nitriles is 1. The van der Waals surface area contributed by atoms with Crippen LogP contribution in [0.4, 0.5) is 18.9 Å². The summed E-state index contributed by atoms with van der Waals surface area (Å²) in [5.41, 5.74) is 0.0149. The Hall–Kier alpha value is -4.98. The maximum Gasteiger partial charge on any atom is 0.418 e. The van der Waals surface area contributed by atoms with Gasteiger partial charge in [-0.25, -0.2) is 4.98 Å². The summed E-state index contributed by atoms with van der Waals surface area (Å²) in [4.78, 5) is 19.3.